The van der Waals surface area contributed by atoms with Crippen molar-refractivity contribution in [2.75, 3.05) is 25.0 Å². The maximum Gasteiger partial charge on any atom is 0.256 e. The number of carbonyl (C=O) groups excluding carboxylic acids is 3. The van der Waals surface area contributed by atoms with Crippen LogP contribution in [0.1, 0.15) is 23.2 Å². The van der Waals surface area contributed by atoms with E-state index in [4.69, 9.17) is 0 Å². The predicted molar refractivity (Wildman–Crippen MR) is 134 cm³/mol. The third-order valence-corrected chi connectivity index (χ3v) is 7.35. The van der Waals surface area contributed by atoms with E-state index in [1.54, 1.807) is 23.4 Å². The van der Waals surface area contributed by atoms with Crippen LogP contribution in [0.25, 0.3) is 22.4 Å². The Morgan fingerprint density at radius 3 is 2.59 bits per heavy atom. The Kier molecular flexibility index (Phi) is 5.59. The van der Waals surface area contributed by atoms with Crippen LogP contribution in [0.3, 0.4) is 0 Å². The second-order valence-electron chi connectivity index (χ2n) is 9.38. The number of nitrogens with one attached hydrogen (secondary N) is 3. The third kappa shape index (κ3) is 4.07. The Labute approximate surface area is 211 Å². The first kappa shape index (κ1) is 22.8. The molecule has 3 aromatic heterocycles. The van der Waals surface area contributed by atoms with Gasteiger partial charge in [0.15, 0.2) is 5.82 Å². The van der Waals surface area contributed by atoms with Crippen LogP contribution in [0, 0.1) is 11.3 Å². The van der Waals surface area contributed by atoms with Crippen molar-refractivity contribution in [2.45, 2.75) is 12.8 Å². The molecule has 6 rings (SSSR count). The Balaban J connectivity index is 1.13. The molecule has 5 heterocycles. The molecule has 3 amide bonds. The number of aromatic nitrogens is 5. The lowest BCUT2D eigenvalue weighted by molar-refractivity contribution is -0.136. The number of amides is 3. The summed E-state index contributed by atoms with van der Waals surface area (Å²) >= 11 is 0. The maximum atomic E-state index is 13.3. The van der Waals surface area contributed by atoms with Crippen LogP contribution in [0.2, 0.25) is 0 Å². The van der Waals surface area contributed by atoms with Gasteiger partial charge in [-0.3, -0.25) is 24.5 Å². The van der Waals surface area contributed by atoms with Gasteiger partial charge in [0.2, 0.25) is 11.8 Å². The molecular formula is C26H24N8O3. The largest absolute Gasteiger partial charge is 0.355 e. The van der Waals surface area contributed by atoms with E-state index in [0.717, 1.165) is 10.9 Å². The molecule has 1 aromatic carbocycles. The van der Waals surface area contributed by atoms with Gasteiger partial charge in [-0.1, -0.05) is 6.07 Å². The molecule has 3 N–H and O–H groups in total. The number of aromatic amines is 1. The van der Waals surface area contributed by atoms with Crippen LogP contribution in [-0.2, 0) is 9.59 Å². The van der Waals surface area contributed by atoms with Gasteiger partial charge in [-0.2, -0.15) is 5.10 Å². The van der Waals surface area contributed by atoms with Crippen molar-refractivity contribution in [1.82, 2.24) is 35.4 Å². The zero-order valence-electron chi connectivity index (χ0n) is 19.8. The van der Waals surface area contributed by atoms with Gasteiger partial charge in [0, 0.05) is 49.3 Å². The zero-order valence-corrected chi connectivity index (χ0v) is 19.8. The zero-order chi connectivity index (χ0) is 25.4. The van der Waals surface area contributed by atoms with Crippen LogP contribution in [0.5, 0.6) is 0 Å². The average Bonchev–Trinajstić information content (AvgIpc) is 3.53. The summed E-state index contributed by atoms with van der Waals surface area (Å²) in [4.78, 5) is 53.8. The lowest BCUT2D eigenvalue weighted by Gasteiger charge is -2.40. The highest BCUT2D eigenvalue weighted by molar-refractivity contribution is 6.01. The minimum absolute atomic E-state index is 0.133. The summed E-state index contributed by atoms with van der Waals surface area (Å²) in [5.41, 5.74) is 1.60. The van der Waals surface area contributed by atoms with E-state index in [9.17, 15) is 14.4 Å². The molecule has 0 aliphatic carbocycles. The molecule has 1 spiro atoms. The molecule has 4 aromatic rings. The second kappa shape index (κ2) is 9.08. The summed E-state index contributed by atoms with van der Waals surface area (Å²) in [5.74, 6) is -0.634. The van der Waals surface area contributed by atoms with Gasteiger partial charge in [0.1, 0.15) is 5.69 Å². The van der Waals surface area contributed by atoms with Crippen molar-refractivity contribution >= 4 is 34.3 Å². The van der Waals surface area contributed by atoms with Gasteiger partial charge in [0.25, 0.3) is 5.91 Å². The number of benzene rings is 1. The standard InChI is InChI=1S/C26H24N8O3/c35-23(32-18-5-4-16-14-31-33-21(16)11-18)19-15-30-25(37)26(19)6-9-34(10-7-26)24(36)17-12-28-22(29-13-17)20-3-1-2-8-27-20/h1-5,8,11-14,19H,6-7,9-10,15H2,(H,30,37)(H,31,33)(H,32,35). The number of piperidine rings is 1. The van der Waals surface area contributed by atoms with E-state index < -0.39 is 11.3 Å². The lowest BCUT2D eigenvalue weighted by Crippen LogP contribution is -2.50. The first-order chi connectivity index (χ1) is 18.0. The van der Waals surface area contributed by atoms with Crippen molar-refractivity contribution in [3.63, 3.8) is 0 Å². The predicted octanol–water partition coefficient (Wildman–Crippen LogP) is 2.02. The highest BCUT2D eigenvalue weighted by Crippen LogP contribution is 2.43. The number of likely N-dealkylation sites (tertiary alicyclic amines) is 1. The molecule has 186 valence electrons. The monoisotopic (exact) mass is 496 g/mol. The minimum atomic E-state index is -0.849. The second-order valence-corrected chi connectivity index (χ2v) is 9.38. The van der Waals surface area contributed by atoms with Crippen LogP contribution >= 0.6 is 0 Å². The molecule has 0 radical (unpaired) electrons. The summed E-state index contributed by atoms with van der Waals surface area (Å²) in [6.45, 7) is 0.990. The fourth-order valence-electron chi connectivity index (χ4n) is 5.24. The van der Waals surface area contributed by atoms with Gasteiger partial charge in [-0.05, 0) is 43.2 Å². The minimum Gasteiger partial charge on any atom is -0.355 e. The van der Waals surface area contributed by atoms with Crippen LogP contribution in [0.4, 0.5) is 5.69 Å². The Bertz CT molecular complexity index is 1480. The molecule has 2 saturated heterocycles. The lowest BCUT2D eigenvalue weighted by atomic mass is 9.69. The van der Waals surface area contributed by atoms with Crippen molar-refractivity contribution < 1.29 is 14.4 Å². The molecular weight excluding hydrogens is 472 g/mol. The molecule has 1 unspecified atom stereocenters. The van der Waals surface area contributed by atoms with Crippen molar-refractivity contribution in [2.24, 2.45) is 11.3 Å². The Morgan fingerprint density at radius 1 is 1.03 bits per heavy atom. The summed E-state index contributed by atoms with van der Waals surface area (Å²) in [6, 6.07) is 11.0. The van der Waals surface area contributed by atoms with Gasteiger partial charge < -0.3 is 15.5 Å². The Morgan fingerprint density at radius 2 is 1.84 bits per heavy atom. The number of hydrogen-bond donors (Lipinski definition) is 3. The molecule has 37 heavy (non-hydrogen) atoms. The molecule has 2 aliphatic heterocycles. The number of H-pyrrole nitrogens is 1. The number of nitrogens with zero attached hydrogens (tertiary/aromatic N) is 5. The highest BCUT2D eigenvalue weighted by Gasteiger charge is 2.54. The Hall–Kier alpha value is -4.67. The smallest absolute Gasteiger partial charge is 0.256 e. The molecule has 1 atom stereocenters. The fourth-order valence-corrected chi connectivity index (χ4v) is 5.24. The molecule has 0 bridgehead atoms. The van der Waals surface area contributed by atoms with Gasteiger partial charge in [0.05, 0.1) is 28.6 Å². The van der Waals surface area contributed by atoms with Crippen LogP contribution < -0.4 is 10.6 Å². The number of carbonyl (C=O) groups is 3. The SMILES string of the molecule is O=C(Nc1ccc2cn[nH]c2c1)C1CNC(=O)C12CCN(C(=O)c1cnc(-c3ccccn3)nc1)CC2. The van der Waals surface area contributed by atoms with Crippen LogP contribution in [0.15, 0.2) is 61.2 Å². The van der Waals surface area contributed by atoms with Gasteiger partial charge >= 0.3 is 0 Å². The van der Waals surface area contributed by atoms with E-state index in [1.165, 1.54) is 12.4 Å². The van der Waals surface area contributed by atoms with Gasteiger partial charge in [-0.25, -0.2) is 9.97 Å². The maximum absolute atomic E-state index is 13.3. The molecule has 2 aliphatic rings. The number of anilines is 1. The normalized spacial score (nSPS) is 18.6. The van der Waals surface area contributed by atoms with Crippen molar-refractivity contribution in [1.29, 1.82) is 0 Å². The highest BCUT2D eigenvalue weighted by atomic mass is 16.2. The van der Waals surface area contributed by atoms with Crippen molar-refractivity contribution in [3.05, 3.63) is 66.7 Å². The summed E-state index contributed by atoms with van der Waals surface area (Å²) in [6.07, 6.45) is 7.17. The number of hydrogen-bond acceptors (Lipinski definition) is 7. The molecule has 11 nitrogen and oxygen atoms in total. The molecule has 2 fully saturated rings. The number of fused-ring (bicyclic) bond motifs is 1. The summed E-state index contributed by atoms with van der Waals surface area (Å²) in [7, 11) is 0. The van der Waals surface area contributed by atoms with E-state index in [-0.39, 0.29) is 24.3 Å². The fraction of sp³-hybridized carbons (Fsp3) is 0.269. The summed E-state index contributed by atoms with van der Waals surface area (Å²) in [5, 5.41) is 13.7. The first-order valence-electron chi connectivity index (χ1n) is 12.1. The first-order valence-corrected chi connectivity index (χ1v) is 12.1. The topological polar surface area (TPSA) is 146 Å². The van der Waals surface area contributed by atoms with E-state index >= 15 is 0 Å². The number of rotatable bonds is 4. The van der Waals surface area contributed by atoms with Crippen LogP contribution in [-0.4, -0.2) is 67.4 Å². The molecule has 11 heteroatoms. The molecule has 0 saturated carbocycles. The van der Waals surface area contributed by atoms with Gasteiger partial charge in [-0.15, -0.1) is 0 Å². The summed E-state index contributed by atoms with van der Waals surface area (Å²) < 4.78 is 0. The third-order valence-electron chi connectivity index (χ3n) is 7.35. The van der Waals surface area contributed by atoms with E-state index in [1.807, 2.05) is 30.3 Å². The quantitative estimate of drug-likeness (QED) is 0.392. The van der Waals surface area contributed by atoms with Crippen molar-refractivity contribution in [3.8, 4) is 11.5 Å². The van der Waals surface area contributed by atoms with E-state index in [2.05, 4.69) is 35.8 Å². The average molecular weight is 497 g/mol. The number of pyridine rings is 1. The van der Waals surface area contributed by atoms with E-state index in [0.29, 0.717) is 48.7 Å².